The molecule has 1 fully saturated rings. The molecule has 21 heavy (non-hydrogen) atoms. The van der Waals surface area contributed by atoms with Crippen molar-refractivity contribution in [2.45, 2.75) is 37.6 Å². The summed E-state index contributed by atoms with van der Waals surface area (Å²) < 4.78 is 21.4. The van der Waals surface area contributed by atoms with Crippen molar-refractivity contribution in [1.29, 1.82) is 0 Å². The van der Waals surface area contributed by atoms with E-state index in [1.807, 2.05) is 6.92 Å². The predicted octanol–water partition coefficient (Wildman–Crippen LogP) is 4.65. The fraction of sp³-hybridized carbons (Fsp3) is 0.533. The summed E-state index contributed by atoms with van der Waals surface area (Å²) in [6.07, 6.45) is 1.94. The molecule has 0 bridgehead atoms. The summed E-state index contributed by atoms with van der Waals surface area (Å²) in [6.45, 7) is 5.34. The van der Waals surface area contributed by atoms with E-state index < -0.39 is 5.82 Å². The number of ether oxygens (including phenoxy) is 1. The number of aromatic nitrogens is 2. The molecule has 2 heterocycles. The smallest absolute Gasteiger partial charge is 0.144 e. The third kappa shape index (κ3) is 2.54. The highest BCUT2D eigenvalue weighted by Crippen LogP contribution is 2.36. The molecule has 2 unspecified atom stereocenters. The first-order chi connectivity index (χ1) is 9.92. The molecule has 0 amide bonds. The van der Waals surface area contributed by atoms with E-state index in [1.165, 1.54) is 6.07 Å². The molecule has 1 aromatic carbocycles. The van der Waals surface area contributed by atoms with Gasteiger partial charge in [0.15, 0.2) is 0 Å². The molecule has 1 aromatic heterocycles. The molecule has 0 saturated carbocycles. The maximum Gasteiger partial charge on any atom is 0.144 e. The monoisotopic (exact) mass is 330 g/mol. The normalized spacial score (nSPS) is 24.4. The molecule has 1 aliphatic rings. The molecule has 3 rings (SSSR count). The Morgan fingerprint density at radius 1 is 1.48 bits per heavy atom. The zero-order valence-corrected chi connectivity index (χ0v) is 13.5. The van der Waals surface area contributed by atoms with Gasteiger partial charge in [0.2, 0.25) is 0 Å². The molecule has 1 aliphatic heterocycles. The maximum absolute atomic E-state index is 13.7. The standard InChI is InChI=1S/C15H17Cl2FN2O/c1-9(16)14-19-12-7-11(18)10(17)6-13(12)20(14)15(2)4-3-5-21-8-15/h6-7,9H,3-5,8H2,1-2H3. The Kier molecular flexibility index (Phi) is 3.89. The van der Waals surface area contributed by atoms with Gasteiger partial charge in [0.05, 0.1) is 33.6 Å². The van der Waals surface area contributed by atoms with Gasteiger partial charge in [-0.25, -0.2) is 9.37 Å². The van der Waals surface area contributed by atoms with Gasteiger partial charge in [-0.1, -0.05) is 11.6 Å². The lowest BCUT2D eigenvalue weighted by Gasteiger charge is -2.37. The van der Waals surface area contributed by atoms with Crippen LogP contribution in [0.15, 0.2) is 12.1 Å². The van der Waals surface area contributed by atoms with Crippen molar-refractivity contribution in [3.05, 3.63) is 28.8 Å². The van der Waals surface area contributed by atoms with Crippen LogP contribution in [0.4, 0.5) is 4.39 Å². The van der Waals surface area contributed by atoms with Crippen LogP contribution in [-0.2, 0) is 10.3 Å². The molecule has 2 aromatic rings. The fourth-order valence-electron chi connectivity index (χ4n) is 3.02. The van der Waals surface area contributed by atoms with E-state index in [0.717, 1.165) is 30.8 Å². The lowest BCUT2D eigenvalue weighted by molar-refractivity contribution is 0.0101. The Hall–Kier alpha value is -0.840. The van der Waals surface area contributed by atoms with E-state index in [1.54, 1.807) is 6.07 Å². The van der Waals surface area contributed by atoms with Gasteiger partial charge in [-0.15, -0.1) is 11.6 Å². The van der Waals surface area contributed by atoms with E-state index >= 15 is 0 Å². The van der Waals surface area contributed by atoms with Crippen molar-refractivity contribution in [3.63, 3.8) is 0 Å². The van der Waals surface area contributed by atoms with E-state index in [0.29, 0.717) is 12.1 Å². The van der Waals surface area contributed by atoms with E-state index in [4.69, 9.17) is 27.9 Å². The topological polar surface area (TPSA) is 27.1 Å². The maximum atomic E-state index is 13.7. The molecule has 0 radical (unpaired) electrons. The Morgan fingerprint density at radius 3 is 2.86 bits per heavy atom. The summed E-state index contributed by atoms with van der Waals surface area (Å²) in [4.78, 5) is 4.51. The number of fused-ring (bicyclic) bond motifs is 1. The number of alkyl halides is 1. The Morgan fingerprint density at radius 2 is 2.24 bits per heavy atom. The highest BCUT2D eigenvalue weighted by atomic mass is 35.5. The first-order valence-corrected chi connectivity index (χ1v) is 7.83. The number of imidazole rings is 1. The van der Waals surface area contributed by atoms with Gasteiger partial charge >= 0.3 is 0 Å². The summed E-state index contributed by atoms with van der Waals surface area (Å²) in [7, 11) is 0. The molecule has 2 atom stereocenters. The van der Waals surface area contributed by atoms with Crippen LogP contribution in [0.2, 0.25) is 5.02 Å². The predicted molar refractivity (Wildman–Crippen MR) is 82.7 cm³/mol. The van der Waals surface area contributed by atoms with Crippen molar-refractivity contribution >= 4 is 34.2 Å². The van der Waals surface area contributed by atoms with Crippen LogP contribution < -0.4 is 0 Å². The molecular formula is C15H17Cl2FN2O. The quantitative estimate of drug-likeness (QED) is 0.749. The van der Waals surface area contributed by atoms with Gasteiger partial charge < -0.3 is 9.30 Å². The Balaban J connectivity index is 2.27. The first-order valence-electron chi connectivity index (χ1n) is 7.02. The van der Waals surface area contributed by atoms with Crippen molar-refractivity contribution in [2.75, 3.05) is 13.2 Å². The highest BCUT2D eigenvalue weighted by Gasteiger charge is 2.34. The van der Waals surface area contributed by atoms with Crippen molar-refractivity contribution in [2.24, 2.45) is 0 Å². The average Bonchev–Trinajstić information content (AvgIpc) is 2.79. The summed E-state index contributed by atoms with van der Waals surface area (Å²) in [5.41, 5.74) is 1.13. The molecule has 0 N–H and O–H groups in total. The van der Waals surface area contributed by atoms with Crippen LogP contribution in [-0.4, -0.2) is 22.8 Å². The van der Waals surface area contributed by atoms with E-state index in [9.17, 15) is 4.39 Å². The highest BCUT2D eigenvalue weighted by molar-refractivity contribution is 6.31. The summed E-state index contributed by atoms with van der Waals surface area (Å²) in [6, 6.07) is 2.99. The van der Waals surface area contributed by atoms with Crippen LogP contribution >= 0.6 is 23.2 Å². The number of hydrogen-bond acceptors (Lipinski definition) is 2. The van der Waals surface area contributed by atoms with Gasteiger partial charge in [0, 0.05) is 12.7 Å². The van der Waals surface area contributed by atoms with E-state index in [-0.39, 0.29) is 15.9 Å². The number of nitrogens with zero attached hydrogens (tertiary/aromatic N) is 2. The second-order valence-electron chi connectivity index (χ2n) is 5.83. The SMILES string of the molecule is CC(Cl)c1nc2cc(F)c(Cl)cc2n1C1(C)CCCOC1. The minimum Gasteiger partial charge on any atom is -0.379 e. The minimum absolute atomic E-state index is 0.0951. The third-order valence-electron chi connectivity index (χ3n) is 4.04. The van der Waals surface area contributed by atoms with Gasteiger partial charge in [-0.3, -0.25) is 0 Å². The number of rotatable bonds is 2. The number of benzene rings is 1. The van der Waals surface area contributed by atoms with Crippen LogP contribution in [0.5, 0.6) is 0 Å². The van der Waals surface area contributed by atoms with Crippen LogP contribution in [0.1, 0.15) is 37.9 Å². The summed E-state index contributed by atoms with van der Waals surface area (Å²) >= 11 is 12.2. The third-order valence-corrected chi connectivity index (χ3v) is 4.52. The zero-order chi connectivity index (χ0) is 15.2. The molecule has 1 saturated heterocycles. The molecule has 114 valence electrons. The van der Waals surface area contributed by atoms with Crippen molar-refractivity contribution < 1.29 is 9.13 Å². The number of hydrogen-bond donors (Lipinski definition) is 0. The minimum atomic E-state index is -0.465. The molecular weight excluding hydrogens is 314 g/mol. The second kappa shape index (κ2) is 5.41. The molecule has 6 heteroatoms. The Labute approximate surface area is 133 Å². The fourth-order valence-corrected chi connectivity index (χ4v) is 3.33. The van der Waals surface area contributed by atoms with Crippen LogP contribution in [0.3, 0.4) is 0 Å². The average molecular weight is 331 g/mol. The first kappa shape index (κ1) is 15.1. The van der Waals surface area contributed by atoms with Gasteiger partial charge in [-0.2, -0.15) is 0 Å². The van der Waals surface area contributed by atoms with Gasteiger partial charge in [0.1, 0.15) is 11.6 Å². The lowest BCUT2D eigenvalue weighted by atomic mass is 9.94. The van der Waals surface area contributed by atoms with Gasteiger partial charge in [-0.05, 0) is 32.8 Å². The molecule has 0 aliphatic carbocycles. The number of halogens is 3. The summed E-state index contributed by atoms with van der Waals surface area (Å²) in [5, 5.41) is -0.184. The van der Waals surface area contributed by atoms with Crippen LogP contribution in [0.25, 0.3) is 11.0 Å². The Bertz CT molecular complexity index is 678. The largest absolute Gasteiger partial charge is 0.379 e. The zero-order valence-electron chi connectivity index (χ0n) is 12.0. The van der Waals surface area contributed by atoms with Crippen LogP contribution in [0, 0.1) is 5.82 Å². The lowest BCUT2D eigenvalue weighted by Crippen LogP contribution is -2.40. The molecule has 3 nitrogen and oxygen atoms in total. The second-order valence-corrected chi connectivity index (χ2v) is 6.89. The van der Waals surface area contributed by atoms with Crippen molar-refractivity contribution in [3.8, 4) is 0 Å². The van der Waals surface area contributed by atoms with Crippen molar-refractivity contribution in [1.82, 2.24) is 9.55 Å². The summed E-state index contributed by atoms with van der Waals surface area (Å²) in [5.74, 6) is 0.258. The van der Waals surface area contributed by atoms with E-state index in [2.05, 4.69) is 16.5 Å². The van der Waals surface area contributed by atoms with Gasteiger partial charge in [0.25, 0.3) is 0 Å². The molecule has 0 spiro atoms.